The number of carbonyl (C=O) groups is 1. The van der Waals surface area contributed by atoms with Crippen LogP contribution >= 0.6 is 0 Å². The molecule has 1 N–H and O–H groups in total. The first-order chi connectivity index (χ1) is 11.0. The van der Waals surface area contributed by atoms with Crippen molar-refractivity contribution < 1.29 is 13.2 Å². The number of nitrogens with one attached hydrogen (secondary N) is 1. The summed E-state index contributed by atoms with van der Waals surface area (Å²) in [6.07, 6.45) is 7.95. The van der Waals surface area contributed by atoms with Gasteiger partial charge in [-0.3, -0.25) is 4.79 Å². The summed E-state index contributed by atoms with van der Waals surface area (Å²) in [5, 5.41) is 3.99. The minimum atomic E-state index is -3.84. The minimum Gasteiger partial charge on any atom is -0.274 e. The van der Waals surface area contributed by atoms with E-state index in [4.69, 9.17) is 0 Å². The molecule has 1 amide bonds. The van der Waals surface area contributed by atoms with Crippen LogP contribution in [0.3, 0.4) is 0 Å². The molecule has 0 fully saturated rings. The first kappa shape index (κ1) is 15.4. The third kappa shape index (κ3) is 3.65. The summed E-state index contributed by atoms with van der Waals surface area (Å²) in [5.74, 6) is -0.752. The molecule has 0 aliphatic heterocycles. The molecule has 0 unspecified atom stereocenters. The average molecular weight is 332 g/mol. The molecule has 0 saturated heterocycles. The molecule has 120 valence electrons. The smallest absolute Gasteiger partial charge is 0.264 e. The van der Waals surface area contributed by atoms with E-state index in [1.54, 1.807) is 23.1 Å². The van der Waals surface area contributed by atoms with E-state index in [0.717, 1.165) is 5.56 Å². The molecule has 2 aromatic rings. The van der Waals surface area contributed by atoms with Crippen LogP contribution in [-0.2, 0) is 21.4 Å². The monoisotopic (exact) mass is 332 g/mol. The summed E-state index contributed by atoms with van der Waals surface area (Å²) >= 11 is 0. The largest absolute Gasteiger partial charge is 0.274 e. The number of benzene rings is 1. The molecule has 1 heterocycles. The molecule has 0 atom stereocenters. The third-order valence-electron chi connectivity index (χ3n) is 3.66. The minimum absolute atomic E-state index is 0.0687. The Kier molecular flexibility index (Phi) is 4.24. The lowest BCUT2D eigenvalue weighted by Gasteiger charge is -2.11. The van der Waals surface area contributed by atoms with Gasteiger partial charge in [0.15, 0.2) is 0 Å². The van der Waals surface area contributed by atoms with Gasteiger partial charge in [0.05, 0.1) is 11.4 Å². The summed E-state index contributed by atoms with van der Waals surface area (Å²) in [5.41, 5.74) is 0.890. The summed E-state index contributed by atoms with van der Waals surface area (Å²) < 4.78 is 28.3. The lowest BCUT2D eigenvalue weighted by Crippen LogP contribution is -2.34. The van der Waals surface area contributed by atoms with Gasteiger partial charge in [-0.25, -0.2) is 22.8 Å². The van der Waals surface area contributed by atoms with Gasteiger partial charge in [0.2, 0.25) is 5.91 Å². The fourth-order valence-electron chi connectivity index (χ4n) is 2.38. The van der Waals surface area contributed by atoms with Crippen LogP contribution in [0.1, 0.15) is 18.4 Å². The molecular formula is C15H16N4O3S. The number of rotatable bonds is 5. The van der Waals surface area contributed by atoms with Crippen LogP contribution in [0, 0.1) is 5.92 Å². The first-order valence-corrected chi connectivity index (χ1v) is 8.66. The molecule has 3 rings (SSSR count). The Labute approximate surface area is 134 Å². The summed E-state index contributed by atoms with van der Waals surface area (Å²) in [6.45, 7) is 0.500. The molecule has 0 spiro atoms. The number of amides is 1. The van der Waals surface area contributed by atoms with Crippen LogP contribution in [0.4, 0.5) is 0 Å². The van der Waals surface area contributed by atoms with Crippen molar-refractivity contribution in [1.29, 1.82) is 0 Å². The molecule has 0 saturated carbocycles. The zero-order valence-electron chi connectivity index (χ0n) is 12.3. The zero-order chi connectivity index (χ0) is 16.3. The Bertz CT molecular complexity index is 803. The van der Waals surface area contributed by atoms with Crippen LogP contribution < -0.4 is 4.72 Å². The van der Waals surface area contributed by atoms with Gasteiger partial charge in [-0.1, -0.05) is 24.3 Å². The highest BCUT2D eigenvalue weighted by atomic mass is 32.2. The van der Waals surface area contributed by atoms with Crippen molar-refractivity contribution in [2.24, 2.45) is 5.92 Å². The van der Waals surface area contributed by atoms with Gasteiger partial charge >= 0.3 is 0 Å². The van der Waals surface area contributed by atoms with Crippen LogP contribution in [0.15, 0.2) is 54.0 Å². The van der Waals surface area contributed by atoms with Crippen molar-refractivity contribution in [2.75, 3.05) is 0 Å². The van der Waals surface area contributed by atoms with E-state index >= 15 is 0 Å². The lowest BCUT2D eigenvalue weighted by atomic mass is 10.1. The topological polar surface area (TPSA) is 94.0 Å². The number of hydrogen-bond acceptors (Lipinski definition) is 5. The van der Waals surface area contributed by atoms with E-state index in [0.29, 0.717) is 19.4 Å². The van der Waals surface area contributed by atoms with Crippen molar-refractivity contribution in [3.8, 4) is 0 Å². The first-order valence-electron chi connectivity index (χ1n) is 7.17. The fraction of sp³-hybridized carbons (Fsp3) is 0.267. The Balaban J connectivity index is 1.68. The van der Waals surface area contributed by atoms with E-state index < -0.39 is 15.9 Å². The molecule has 1 aliphatic rings. The molecule has 23 heavy (non-hydrogen) atoms. The summed E-state index contributed by atoms with van der Waals surface area (Å²) in [7, 11) is -3.84. The number of hydrogen-bond donors (Lipinski definition) is 1. The van der Waals surface area contributed by atoms with Gasteiger partial charge in [0, 0.05) is 5.92 Å². The SMILES string of the molecule is O=C(NS(=O)(=O)c1ccc(Cn2cncn2)cc1)C1CC=CC1. The third-order valence-corrected chi connectivity index (χ3v) is 5.02. The van der Waals surface area contributed by atoms with E-state index in [1.807, 2.05) is 12.2 Å². The average Bonchev–Trinajstić information content (AvgIpc) is 3.21. The van der Waals surface area contributed by atoms with Crippen molar-refractivity contribution in [2.45, 2.75) is 24.3 Å². The summed E-state index contributed by atoms with van der Waals surface area (Å²) in [6, 6.07) is 6.35. The maximum Gasteiger partial charge on any atom is 0.264 e. The quantitative estimate of drug-likeness (QED) is 0.828. The van der Waals surface area contributed by atoms with Gasteiger partial charge < -0.3 is 0 Å². The van der Waals surface area contributed by atoms with Crippen molar-refractivity contribution in [3.63, 3.8) is 0 Å². The second kappa shape index (κ2) is 6.33. The predicted molar refractivity (Wildman–Crippen MR) is 82.8 cm³/mol. The number of aromatic nitrogens is 3. The van der Waals surface area contributed by atoms with Gasteiger partial charge in [-0.2, -0.15) is 5.10 Å². The van der Waals surface area contributed by atoms with Gasteiger partial charge in [0.1, 0.15) is 12.7 Å². The highest BCUT2D eigenvalue weighted by Crippen LogP contribution is 2.19. The highest BCUT2D eigenvalue weighted by Gasteiger charge is 2.24. The van der Waals surface area contributed by atoms with E-state index in [-0.39, 0.29) is 10.8 Å². The van der Waals surface area contributed by atoms with Crippen LogP contribution in [0.5, 0.6) is 0 Å². The van der Waals surface area contributed by atoms with Crippen LogP contribution in [-0.4, -0.2) is 29.1 Å². The van der Waals surface area contributed by atoms with Crippen molar-refractivity contribution >= 4 is 15.9 Å². The lowest BCUT2D eigenvalue weighted by molar-refractivity contribution is -0.122. The standard InChI is InChI=1S/C15H16N4O3S/c20-15(13-3-1-2-4-13)18-23(21,22)14-7-5-12(6-8-14)9-19-11-16-10-17-19/h1-2,5-8,10-11,13H,3-4,9H2,(H,18,20). The molecule has 8 heteroatoms. The van der Waals surface area contributed by atoms with E-state index in [2.05, 4.69) is 14.8 Å². The van der Waals surface area contributed by atoms with E-state index in [9.17, 15) is 13.2 Å². The second-order valence-corrected chi connectivity index (χ2v) is 7.03. The highest BCUT2D eigenvalue weighted by molar-refractivity contribution is 7.90. The fourth-order valence-corrected chi connectivity index (χ4v) is 3.43. The van der Waals surface area contributed by atoms with E-state index in [1.165, 1.54) is 18.5 Å². The van der Waals surface area contributed by atoms with Crippen molar-refractivity contribution in [1.82, 2.24) is 19.5 Å². The Morgan fingerprint density at radius 1 is 1.22 bits per heavy atom. The molecule has 1 aromatic heterocycles. The van der Waals surface area contributed by atoms with Crippen LogP contribution in [0.2, 0.25) is 0 Å². The number of nitrogens with zero attached hydrogens (tertiary/aromatic N) is 3. The molecule has 1 aliphatic carbocycles. The maximum atomic E-state index is 12.2. The molecule has 1 aromatic carbocycles. The molecular weight excluding hydrogens is 316 g/mol. The zero-order valence-corrected chi connectivity index (χ0v) is 13.1. The summed E-state index contributed by atoms with van der Waals surface area (Å²) in [4.78, 5) is 15.9. The Morgan fingerprint density at radius 2 is 1.91 bits per heavy atom. The molecule has 7 nitrogen and oxygen atoms in total. The maximum absolute atomic E-state index is 12.2. The molecule has 0 radical (unpaired) electrons. The van der Waals surface area contributed by atoms with Crippen LogP contribution in [0.25, 0.3) is 0 Å². The second-order valence-electron chi connectivity index (χ2n) is 5.35. The number of allylic oxidation sites excluding steroid dienone is 2. The van der Waals surface area contributed by atoms with Gasteiger partial charge in [-0.15, -0.1) is 0 Å². The Hall–Kier alpha value is -2.48. The van der Waals surface area contributed by atoms with Crippen molar-refractivity contribution in [3.05, 3.63) is 54.6 Å². The van der Waals surface area contributed by atoms with Gasteiger partial charge in [-0.05, 0) is 30.5 Å². The Morgan fingerprint density at radius 3 is 2.52 bits per heavy atom. The van der Waals surface area contributed by atoms with Gasteiger partial charge in [0.25, 0.3) is 10.0 Å². The normalized spacial score (nSPS) is 15.0. The predicted octanol–water partition coefficient (Wildman–Crippen LogP) is 1.10. The molecule has 0 bridgehead atoms. The number of carbonyl (C=O) groups excluding carboxylic acids is 1. The number of sulfonamides is 1.